The van der Waals surface area contributed by atoms with Crippen molar-refractivity contribution >= 4 is 18.1 Å². The number of fused-ring (bicyclic) bond motifs is 1. The van der Waals surface area contributed by atoms with Crippen LogP contribution in [0.3, 0.4) is 0 Å². The van der Waals surface area contributed by atoms with Crippen molar-refractivity contribution in [2.45, 2.75) is 70.8 Å². The van der Waals surface area contributed by atoms with E-state index < -0.39 is 5.60 Å². The number of amides is 3. The number of hydrogen-bond acceptors (Lipinski definition) is 6. The summed E-state index contributed by atoms with van der Waals surface area (Å²) in [7, 11) is 1.40. The third kappa shape index (κ3) is 4.44. The van der Waals surface area contributed by atoms with E-state index in [1.165, 1.54) is 7.11 Å². The van der Waals surface area contributed by atoms with Gasteiger partial charge in [-0.2, -0.15) is 0 Å². The van der Waals surface area contributed by atoms with Crippen molar-refractivity contribution in [1.82, 2.24) is 19.6 Å². The second-order valence-electron chi connectivity index (χ2n) is 9.43. The molecule has 0 aromatic heterocycles. The largest absolute Gasteiger partial charge is 0.468 e. The van der Waals surface area contributed by atoms with Gasteiger partial charge in [0.05, 0.1) is 13.2 Å². The van der Waals surface area contributed by atoms with Crippen LogP contribution in [0.25, 0.3) is 0 Å². The maximum absolute atomic E-state index is 13.0. The Hall–Kier alpha value is -2.03. The van der Waals surface area contributed by atoms with Crippen LogP contribution < -0.4 is 0 Å². The zero-order valence-corrected chi connectivity index (χ0v) is 18.4. The van der Waals surface area contributed by atoms with E-state index in [4.69, 9.17) is 9.47 Å². The molecule has 3 aliphatic rings. The van der Waals surface area contributed by atoms with Gasteiger partial charge in [0, 0.05) is 44.8 Å². The fraction of sp³-hybridized carbons (Fsp3) is 0.850. The van der Waals surface area contributed by atoms with Crippen LogP contribution >= 0.6 is 0 Å². The average Bonchev–Trinajstić information content (AvgIpc) is 3.21. The van der Waals surface area contributed by atoms with Crippen LogP contribution in [0.1, 0.15) is 41.0 Å². The number of carbonyl (C=O) groups excluding carboxylic acids is 3. The van der Waals surface area contributed by atoms with Gasteiger partial charge in [-0.1, -0.05) is 0 Å². The summed E-state index contributed by atoms with van der Waals surface area (Å²) in [5.41, 5.74) is -0.543. The normalized spacial score (nSPS) is 28.2. The molecule has 3 rings (SSSR count). The lowest BCUT2D eigenvalue weighted by Crippen LogP contribution is -2.54. The minimum Gasteiger partial charge on any atom is -0.468 e. The molecule has 3 heterocycles. The predicted molar refractivity (Wildman–Crippen MR) is 106 cm³/mol. The van der Waals surface area contributed by atoms with E-state index in [9.17, 15) is 14.4 Å². The highest BCUT2D eigenvalue weighted by molar-refractivity contribution is 5.80. The lowest BCUT2D eigenvalue weighted by atomic mass is 10.1. The molecule has 0 bridgehead atoms. The number of esters is 1. The van der Waals surface area contributed by atoms with E-state index >= 15 is 0 Å². The van der Waals surface area contributed by atoms with Crippen molar-refractivity contribution in [2.75, 3.05) is 39.8 Å². The molecule has 3 aliphatic heterocycles. The SMILES string of the molecule is COC(=O)[C@H]1C[C@H](N2C[C@@H]3CN(C(=O)OC(C)(C)C)CCN3C2=O)CN1C(C)C. The minimum absolute atomic E-state index is 0.00180. The second kappa shape index (κ2) is 8.01. The van der Waals surface area contributed by atoms with Gasteiger partial charge in [0.15, 0.2) is 0 Å². The maximum atomic E-state index is 13.0. The summed E-state index contributed by atoms with van der Waals surface area (Å²) >= 11 is 0. The number of methoxy groups -OCH3 is 1. The van der Waals surface area contributed by atoms with Gasteiger partial charge in [0.25, 0.3) is 0 Å². The number of likely N-dealkylation sites (tertiary alicyclic amines) is 1. The van der Waals surface area contributed by atoms with Crippen molar-refractivity contribution in [1.29, 1.82) is 0 Å². The number of urea groups is 1. The molecule has 29 heavy (non-hydrogen) atoms. The number of ether oxygens (including phenoxy) is 2. The van der Waals surface area contributed by atoms with E-state index in [1.807, 2.05) is 44.4 Å². The average molecular weight is 411 g/mol. The molecule has 0 saturated carbocycles. The van der Waals surface area contributed by atoms with Gasteiger partial charge >= 0.3 is 18.1 Å². The second-order valence-corrected chi connectivity index (χ2v) is 9.43. The molecule has 0 unspecified atom stereocenters. The summed E-state index contributed by atoms with van der Waals surface area (Å²) in [6.07, 6.45) is 0.244. The molecule has 3 fully saturated rings. The lowest BCUT2D eigenvalue weighted by molar-refractivity contribution is -0.146. The summed E-state index contributed by atoms with van der Waals surface area (Å²) in [5, 5.41) is 0. The Morgan fingerprint density at radius 1 is 1.03 bits per heavy atom. The van der Waals surface area contributed by atoms with Crippen LogP contribution in [-0.4, -0.2) is 107 Å². The Morgan fingerprint density at radius 2 is 1.72 bits per heavy atom. The molecule has 0 spiro atoms. The molecule has 0 aromatic carbocycles. The Kier molecular flexibility index (Phi) is 5.98. The Balaban J connectivity index is 1.66. The van der Waals surface area contributed by atoms with Gasteiger partial charge in [-0.25, -0.2) is 9.59 Å². The molecular weight excluding hydrogens is 376 g/mol. The molecular formula is C20H34N4O5. The van der Waals surface area contributed by atoms with Crippen molar-refractivity contribution in [3.63, 3.8) is 0 Å². The van der Waals surface area contributed by atoms with E-state index in [2.05, 4.69) is 4.90 Å². The molecule has 0 aliphatic carbocycles. The molecule has 3 atom stereocenters. The smallest absolute Gasteiger partial charge is 0.410 e. The summed E-state index contributed by atoms with van der Waals surface area (Å²) in [4.78, 5) is 45.2. The van der Waals surface area contributed by atoms with Crippen LogP contribution in [-0.2, 0) is 14.3 Å². The summed E-state index contributed by atoms with van der Waals surface area (Å²) in [6.45, 7) is 12.3. The summed E-state index contributed by atoms with van der Waals surface area (Å²) < 4.78 is 10.5. The zero-order chi connectivity index (χ0) is 21.5. The number of hydrogen-bond donors (Lipinski definition) is 0. The first-order valence-corrected chi connectivity index (χ1v) is 10.4. The van der Waals surface area contributed by atoms with Gasteiger partial charge in [-0.05, 0) is 41.0 Å². The molecule has 0 aromatic rings. The van der Waals surface area contributed by atoms with E-state index in [0.717, 1.165) is 0 Å². The third-order valence-electron chi connectivity index (χ3n) is 5.93. The van der Waals surface area contributed by atoms with E-state index in [1.54, 1.807) is 4.90 Å². The zero-order valence-electron chi connectivity index (χ0n) is 18.4. The molecule has 3 saturated heterocycles. The van der Waals surface area contributed by atoms with Crippen molar-refractivity contribution in [2.24, 2.45) is 0 Å². The van der Waals surface area contributed by atoms with Crippen LogP contribution in [0.2, 0.25) is 0 Å². The molecule has 9 heteroatoms. The van der Waals surface area contributed by atoms with E-state index in [0.29, 0.717) is 39.1 Å². The fourth-order valence-electron chi connectivity index (χ4n) is 4.53. The highest BCUT2D eigenvalue weighted by Gasteiger charge is 2.49. The highest BCUT2D eigenvalue weighted by atomic mass is 16.6. The summed E-state index contributed by atoms with van der Waals surface area (Å²) in [5.74, 6) is -0.248. The third-order valence-corrected chi connectivity index (χ3v) is 5.93. The van der Waals surface area contributed by atoms with Crippen molar-refractivity contribution < 1.29 is 23.9 Å². The van der Waals surface area contributed by atoms with Gasteiger partial charge in [0.2, 0.25) is 0 Å². The molecule has 9 nitrogen and oxygen atoms in total. The standard InChI is InChI=1S/C20H34N4O5/c1-13(2)23-11-14(9-16(23)17(25)28-6)24-12-15-10-21(7-8-22(15)18(24)26)19(27)29-20(3,4)5/h13-16H,7-12H2,1-6H3/t14-,15-,16+/m0/s1. The first-order valence-electron chi connectivity index (χ1n) is 10.4. The molecule has 164 valence electrons. The van der Waals surface area contributed by atoms with Crippen LogP contribution in [0.5, 0.6) is 0 Å². The van der Waals surface area contributed by atoms with Gasteiger partial charge in [-0.3, -0.25) is 9.69 Å². The van der Waals surface area contributed by atoms with Crippen molar-refractivity contribution in [3.8, 4) is 0 Å². The topological polar surface area (TPSA) is 82.6 Å². The van der Waals surface area contributed by atoms with Crippen LogP contribution in [0.15, 0.2) is 0 Å². The van der Waals surface area contributed by atoms with Gasteiger partial charge in [-0.15, -0.1) is 0 Å². The van der Waals surface area contributed by atoms with Crippen LogP contribution in [0.4, 0.5) is 9.59 Å². The lowest BCUT2D eigenvalue weighted by Gasteiger charge is -2.37. The van der Waals surface area contributed by atoms with Crippen molar-refractivity contribution in [3.05, 3.63) is 0 Å². The quantitative estimate of drug-likeness (QED) is 0.654. The molecule has 3 amide bonds. The first-order chi connectivity index (χ1) is 13.5. The van der Waals surface area contributed by atoms with Gasteiger partial charge < -0.3 is 24.2 Å². The fourth-order valence-corrected chi connectivity index (χ4v) is 4.53. The van der Waals surface area contributed by atoms with Gasteiger partial charge in [0.1, 0.15) is 11.6 Å². The minimum atomic E-state index is -0.543. The Bertz CT molecular complexity index is 662. The number of carbonyl (C=O) groups is 3. The number of piperazine rings is 1. The molecule has 0 radical (unpaired) electrons. The number of rotatable bonds is 3. The summed E-state index contributed by atoms with van der Waals surface area (Å²) in [6, 6.07) is -0.221. The maximum Gasteiger partial charge on any atom is 0.410 e. The Labute approximate surface area is 172 Å². The molecule has 0 N–H and O–H groups in total. The highest BCUT2D eigenvalue weighted by Crippen LogP contribution is 2.30. The Morgan fingerprint density at radius 3 is 2.31 bits per heavy atom. The van der Waals surface area contributed by atoms with E-state index in [-0.39, 0.29) is 42.3 Å². The van der Waals surface area contributed by atoms with Crippen LogP contribution in [0, 0.1) is 0 Å². The first kappa shape index (κ1) is 21.7. The monoisotopic (exact) mass is 410 g/mol. The number of nitrogens with zero attached hydrogens (tertiary/aromatic N) is 4. The predicted octanol–water partition coefficient (Wildman–Crippen LogP) is 1.37.